The molecular weight excluding hydrogens is 180 g/mol. The van der Waals surface area contributed by atoms with Gasteiger partial charge < -0.3 is 15.8 Å². The molecule has 76 valence electrons. The maximum Gasteiger partial charge on any atom is 0.312 e. The molecule has 0 heterocycles. The molecule has 1 aromatic rings. The summed E-state index contributed by atoms with van der Waals surface area (Å²) in [5, 5.41) is 2.52. The largest absolute Gasteiger partial charge is 0.494 e. The molecule has 0 aliphatic heterocycles. The second kappa shape index (κ2) is 5.11. The van der Waals surface area contributed by atoms with Crippen LogP contribution in [0.15, 0.2) is 24.3 Å². The molecule has 1 rings (SSSR count). The molecule has 0 aliphatic rings. The maximum atomic E-state index is 10.5. The fourth-order valence-corrected chi connectivity index (χ4v) is 1.13. The lowest BCUT2D eigenvalue weighted by molar-refractivity contribution is 0.248. The Bertz CT molecular complexity index is 313. The van der Waals surface area contributed by atoms with E-state index in [1.807, 2.05) is 31.2 Å². The zero-order valence-corrected chi connectivity index (χ0v) is 8.12. The van der Waals surface area contributed by atoms with Gasteiger partial charge in [-0.1, -0.05) is 18.2 Å². The first-order valence-corrected chi connectivity index (χ1v) is 4.48. The topological polar surface area (TPSA) is 64.3 Å². The zero-order valence-electron chi connectivity index (χ0n) is 8.12. The standard InChI is InChI=1S/C10H14N2O2/c1-2-14-9-6-4-3-5-8(9)7-12-10(11)13/h3-6H,2,7H2,1H3,(H3,11,12,13). The minimum Gasteiger partial charge on any atom is -0.494 e. The van der Waals surface area contributed by atoms with E-state index in [4.69, 9.17) is 10.5 Å². The Morgan fingerprint density at radius 1 is 1.50 bits per heavy atom. The van der Waals surface area contributed by atoms with Gasteiger partial charge in [0.1, 0.15) is 5.75 Å². The average Bonchev–Trinajstić information content (AvgIpc) is 2.17. The number of rotatable bonds is 4. The lowest BCUT2D eigenvalue weighted by atomic mass is 10.2. The van der Waals surface area contributed by atoms with Crippen molar-refractivity contribution in [3.63, 3.8) is 0 Å². The number of hydrogen-bond donors (Lipinski definition) is 2. The molecule has 0 bridgehead atoms. The van der Waals surface area contributed by atoms with Gasteiger partial charge in [-0.3, -0.25) is 0 Å². The van der Waals surface area contributed by atoms with Crippen LogP contribution in [0.5, 0.6) is 5.75 Å². The van der Waals surface area contributed by atoms with Crippen molar-refractivity contribution in [2.45, 2.75) is 13.5 Å². The number of benzene rings is 1. The van der Waals surface area contributed by atoms with Gasteiger partial charge >= 0.3 is 6.03 Å². The number of carbonyl (C=O) groups excluding carboxylic acids is 1. The highest BCUT2D eigenvalue weighted by Crippen LogP contribution is 2.17. The quantitative estimate of drug-likeness (QED) is 0.757. The van der Waals surface area contributed by atoms with Crippen LogP contribution >= 0.6 is 0 Å². The molecule has 14 heavy (non-hydrogen) atoms. The van der Waals surface area contributed by atoms with Gasteiger partial charge in [-0.25, -0.2) is 4.79 Å². The first-order chi connectivity index (χ1) is 6.74. The third kappa shape index (κ3) is 2.97. The van der Waals surface area contributed by atoms with E-state index < -0.39 is 6.03 Å². The molecule has 0 atom stereocenters. The monoisotopic (exact) mass is 194 g/mol. The summed E-state index contributed by atoms with van der Waals surface area (Å²) in [6, 6.07) is 7.00. The van der Waals surface area contributed by atoms with E-state index >= 15 is 0 Å². The van der Waals surface area contributed by atoms with Crippen molar-refractivity contribution >= 4 is 6.03 Å². The van der Waals surface area contributed by atoms with Crippen molar-refractivity contribution in [1.29, 1.82) is 0 Å². The van der Waals surface area contributed by atoms with E-state index in [2.05, 4.69) is 5.32 Å². The number of nitrogens with one attached hydrogen (secondary N) is 1. The molecular formula is C10H14N2O2. The second-order valence-electron chi connectivity index (χ2n) is 2.76. The average molecular weight is 194 g/mol. The highest BCUT2D eigenvalue weighted by molar-refractivity contribution is 5.71. The number of urea groups is 1. The predicted octanol–water partition coefficient (Wildman–Crippen LogP) is 1.25. The van der Waals surface area contributed by atoms with Crippen LogP contribution in [0, 0.1) is 0 Å². The normalized spacial score (nSPS) is 9.50. The van der Waals surface area contributed by atoms with Crippen molar-refractivity contribution < 1.29 is 9.53 Å². The van der Waals surface area contributed by atoms with Gasteiger partial charge in [-0.05, 0) is 13.0 Å². The van der Waals surface area contributed by atoms with E-state index in [0.717, 1.165) is 11.3 Å². The zero-order chi connectivity index (χ0) is 10.4. The van der Waals surface area contributed by atoms with Crippen LogP contribution in [-0.4, -0.2) is 12.6 Å². The van der Waals surface area contributed by atoms with Crippen molar-refractivity contribution in [2.24, 2.45) is 5.73 Å². The van der Waals surface area contributed by atoms with E-state index in [-0.39, 0.29) is 0 Å². The van der Waals surface area contributed by atoms with Crippen molar-refractivity contribution in [3.05, 3.63) is 29.8 Å². The van der Waals surface area contributed by atoms with Crippen molar-refractivity contribution in [3.8, 4) is 5.75 Å². The number of para-hydroxylation sites is 1. The Hall–Kier alpha value is -1.71. The van der Waals surface area contributed by atoms with Crippen LogP contribution in [0.1, 0.15) is 12.5 Å². The van der Waals surface area contributed by atoms with Crippen LogP contribution < -0.4 is 15.8 Å². The van der Waals surface area contributed by atoms with Crippen LogP contribution in [0.25, 0.3) is 0 Å². The third-order valence-electron chi connectivity index (χ3n) is 1.73. The summed E-state index contributed by atoms with van der Waals surface area (Å²) >= 11 is 0. The van der Waals surface area contributed by atoms with Gasteiger partial charge in [0.2, 0.25) is 0 Å². The molecule has 1 aromatic carbocycles. The van der Waals surface area contributed by atoms with Crippen LogP contribution in [-0.2, 0) is 6.54 Å². The summed E-state index contributed by atoms with van der Waals surface area (Å²) in [4.78, 5) is 10.5. The lowest BCUT2D eigenvalue weighted by Crippen LogP contribution is -2.28. The SMILES string of the molecule is CCOc1ccccc1CNC(N)=O. The molecule has 0 spiro atoms. The Kier molecular flexibility index (Phi) is 3.79. The minimum atomic E-state index is -0.531. The Morgan fingerprint density at radius 3 is 2.86 bits per heavy atom. The van der Waals surface area contributed by atoms with Gasteiger partial charge in [0.25, 0.3) is 0 Å². The molecule has 3 N–H and O–H groups in total. The van der Waals surface area contributed by atoms with Crippen molar-refractivity contribution in [1.82, 2.24) is 5.32 Å². The fraction of sp³-hybridized carbons (Fsp3) is 0.300. The van der Waals surface area contributed by atoms with E-state index in [9.17, 15) is 4.79 Å². The Labute approximate surface area is 83.1 Å². The summed E-state index contributed by atoms with van der Waals surface area (Å²) in [7, 11) is 0. The number of nitrogens with two attached hydrogens (primary N) is 1. The van der Waals surface area contributed by atoms with Gasteiger partial charge in [0.05, 0.1) is 6.61 Å². The van der Waals surface area contributed by atoms with Crippen LogP contribution in [0.2, 0.25) is 0 Å². The molecule has 4 heteroatoms. The Balaban J connectivity index is 2.68. The number of hydrogen-bond acceptors (Lipinski definition) is 2. The van der Waals surface area contributed by atoms with E-state index in [1.165, 1.54) is 0 Å². The van der Waals surface area contributed by atoms with Gasteiger partial charge in [-0.2, -0.15) is 0 Å². The molecule has 0 unspecified atom stereocenters. The van der Waals surface area contributed by atoms with Gasteiger partial charge in [0.15, 0.2) is 0 Å². The summed E-state index contributed by atoms with van der Waals surface area (Å²) in [5.41, 5.74) is 5.90. The smallest absolute Gasteiger partial charge is 0.312 e. The Morgan fingerprint density at radius 2 is 2.21 bits per heavy atom. The maximum absolute atomic E-state index is 10.5. The number of amides is 2. The van der Waals surface area contributed by atoms with Crippen molar-refractivity contribution in [2.75, 3.05) is 6.61 Å². The second-order valence-corrected chi connectivity index (χ2v) is 2.76. The predicted molar refractivity (Wildman–Crippen MR) is 54.0 cm³/mol. The first-order valence-electron chi connectivity index (χ1n) is 4.48. The highest BCUT2D eigenvalue weighted by atomic mass is 16.5. The summed E-state index contributed by atoms with van der Waals surface area (Å²) in [6.07, 6.45) is 0. The molecule has 0 radical (unpaired) electrons. The molecule has 0 saturated carbocycles. The number of primary amides is 1. The molecule has 0 saturated heterocycles. The van der Waals surface area contributed by atoms with Gasteiger partial charge in [0, 0.05) is 12.1 Å². The lowest BCUT2D eigenvalue weighted by Gasteiger charge is -2.09. The minimum absolute atomic E-state index is 0.394. The number of carbonyl (C=O) groups is 1. The number of ether oxygens (including phenoxy) is 1. The summed E-state index contributed by atoms with van der Waals surface area (Å²) in [6.45, 7) is 2.91. The third-order valence-corrected chi connectivity index (χ3v) is 1.73. The molecule has 0 fully saturated rings. The molecule has 2 amide bonds. The summed E-state index contributed by atoms with van der Waals surface area (Å²) < 4.78 is 5.38. The highest BCUT2D eigenvalue weighted by Gasteiger charge is 2.02. The fourth-order valence-electron chi connectivity index (χ4n) is 1.13. The summed E-state index contributed by atoms with van der Waals surface area (Å²) in [5.74, 6) is 0.781. The molecule has 4 nitrogen and oxygen atoms in total. The molecule has 0 aromatic heterocycles. The van der Waals surface area contributed by atoms with Crippen LogP contribution in [0.4, 0.5) is 4.79 Å². The van der Waals surface area contributed by atoms with Crippen LogP contribution in [0.3, 0.4) is 0 Å². The van der Waals surface area contributed by atoms with E-state index in [0.29, 0.717) is 13.2 Å². The van der Waals surface area contributed by atoms with E-state index in [1.54, 1.807) is 0 Å². The van der Waals surface area contributed by atoms with Gasteiger partial charge in [-0.15, -0.1) is 0 Å². The molecule has 0 aliphatic carbocycles. The first kappa shape index (κ1) is 10.4.